The van der Waals surface area contributed by atoms with Gasteiger partial charge in [-0.3, -0.25) is 13.9 Å². The van der Waals surface area contributed by atoms with Crippen LogP contribution in [0.2, 0.25) is 0 Å². The van der Waals surface area contributed by atoms with Gasteiger partial charge >= 0.3 is 0 Å². The third-order valence-electron chi connectivity index (χ3n) is 6.33. The van der Waals surface area contributed by atoms with Crippen LogP contribution in [0.5, 0.6) is 5.75 Å². The molecule has 0 unspecified atom stereocenters. The lowest BCUT2D eigenvalue weighted by molar-refractivity contribution is -0.140. The Hall–Kier alpha value is -3.85. The predicted octanol–water partition coefficient (Wildman–Crippen LogP) is 4.45. The van der Waals surface area contributed by atoms with Crippen molar-refractivity contribution in [2.24, 2.45) is 0 Å². The van der Waals surface area contributed by atoms with Crippen LogP contribution in [0.3, 0.4) is 0 Å². The molecule has 0 bridgehead atoms. The topological polar surface area (TPSA) is 96.0 Å². The molecule has 3 aromatic rings. The highest BCUT2D eigenvalue weighted by Crippen LogP contribution is 2.27. The Balaban J connectivity index is 2.09. The van der Waals surface area contributed by atoms with Gasteiger partial charge in [0, 0.05) is 13.1 Å². The highest BCUT2D eigenvalue weighted by molar-refractivity contribution is 7.92. The summed E-state index contributed by atoms with van der Waals surface area (Å²) in [6.45, 7) is 7.44. The summed E-state index contributed by atoms with van der Waals surface area (Å²) in [6, 6.07) is 19.9. The molecule has 1 N–H and O–H groups in total. The minimum absolute atomic E-state index is 0.0760. The normalized spacial score (nSPS) is 11.9. The lowest BCUT2D eigenvalue weighted by atomic mass is 10.1. The molecule has 0 spiro atoms. The zero-order valence-electron chi connectivity index (χ0n) is 23.2. The minimum atomic E-state index is -4.10. The van der Waals surface area contributed by atoms with E-state index in [-0.39, 0.29) is 17.3 Å². The first-order valence-electron chi connectivity index (χ1n) is 13.0. The molecule has 9 heteroatoms. The van der Waals surface area contributed by atoms with Gasteiger partial charge < -0.3 is 15.0 Å². The van der Waals surface area contributed by atoms with Crippen molar-refractivity contribution in [1.82, 2.24) is 10.2 Å². The van der Waals surface area contributed by atoms with Gasteiger partial charge in [0.25, 0.3) is 10.0 Å². The van der Waals surface area contributed by atoms with Crippen molar-refractivity contribution in [3.63, 3.8) is 0 Å². The fraction of sp³-hybridized carbons (Fsp3) is 0.333. The number of nitrogens with one attached hydrogen (secondary N) is 1. The number of sulfonamides is 1. The maximum atomic E-state index is 14.1. The first kappa shape index (κ1) is 29.7. The van der Waals surface area contributed by atoms with Crippen LogP contribution in [0, 0.1) is 13.8 Å². The van der Waals surface area contributed by atoms with Crippen molar-refractivity contribution in [3.8, 4) is 5.75 Å². The molecule has 0 aliphatic heterocycles. The predicted molar refractivity (Wildman–Crippen MR) is 153 cm³/mol. The SMILES string of the molecule is CCNC(=O)[C@H](CC)N(Cc1cccc(OC)c1)C(=O)CN(c1cc(C)cc(C)c1)S(=O)(=O)c1ccccc1. The van der Waals surface area contributed by atoms with Crippen LogP contribution >= 0.6 is 0 Å². The molecule has 0 saturated heterocycles. The number of carbonyl (C=O) groups is 2. The van der Waals surface area contributed by atoms with Gasteiger partial charge in [-0.05, 0) is 80.3 Å². The second-order valence-corrected chi connectivity index (χ2v) is 11.2. The number of rotatable bonds is 12. The second kappa shape index (κ2) is 13.3. The van der Waals surface area contributed by atoms with Gasteiger partial charge in [0.1, 0.15) is 18.3 Å². The first-order valence-corrected chi connectivity index (χ1v) is 14.4. The zero-order valence-corrected chi connectivity index (χ0v) is 24.0. The van der Waals surface area contributed by atoms with Crippen LogP contribution < -0.4 is 14.4 Å². The molecule has 208 valence electrons. The third-order valence-corrected chi connectivity index (χ3v) is 8.12. The fourth-order valence-corrected chi connectivity index (χ4v) is 5.94. The standard InChI is InChI=1S/C30H37N3O5S/c1-6-28(30(35)31-7-2)32(20-24-12-11-13-26(19-24)38-5)29(34)21-33(25-17-22(3)16-23(4)18-25)39(36,37)27-14-9-8-10-15-27/h8-19,28H,6-7,20-21H2,1-5H3,(H,31,35)/t28-/m0/s1. The Labute approximate surface area is 231 Å². The van der Waals surface area contributed by atoms with Crippen molar-refractivity contribution in [1.29, 1.82) is 0 Å². The summed E-state index contributed by atoms with van der Waals surface area (Å²) in [4.78, 5) is 28.6. The van der Waals surface area contributed by atoms with Crippen molar-refractivity contribution in [2.75, 3.05) is 24.5 Å². The summed E-state index contributed by atoms with van der Waals surface area (Å²) in [5.74, 6) is -0.163. The molecule has 3 rings (SSSR count). The van der Waals surface area contributed by atoms with Crippen LogP contribution in [0.15, 0.2) is 77.7 Å². The molecule has 39 heavy (non-hydrogen) atoms. The molecule has 0 radical (unpaired) electrons. The highest BCUT2D eigenvalue weighted by atomic mass is 32.2. The number of ether oxygens (including phenoxy) is 1. The second-order valence-electron chi connectivity index (χ2n) is 9.36. The summed E-state index contributed by atoms with van der Waals surface area (Å²) in [5, 5.41) is 2.81. The van der Waals surface area contributed by atoms with E-state index in [4.69, 9.17) is 4.74 Å². The smallest absolute Gasteiger partial charge is 0.264 e. The molecule has 0 fully saturated rings. The van der Waals surface area contributed by atoms with Gasteiger partial charge in [0.05, 0.1) is 17.7 Å². The van der Waals surface area contributed by atoms with E-state index in [1.54, 1.807) is 49.6 Å². The fourth-order valence-electron chi connectivity index (χ4n) is 4.52. The van der Waals surface area contributed by atoms with Crippen molar-refractivity contribution >= 4 is 27.5 Å². The van der Waals surface area contributed by atoms with Gasteiger partial charge in [-0.15, -0.1) is 0 Å². The van der Waals surface area contributed by atoms with Crippen LogP contribution in [0.4, 0.5) is 5.69 Å². The lowest BCUT2D eigenvalue weighted by Crippen LogP contribution is -2.52. The van der Waals surface area contributed by atoms with Crippen LogP contribution in [-0.4, -0.2) is 51.4 Å². The van der Waals surface area contributed by atoms with E-state index >= 15 is 0 Å². The third kappa shape index (κ3) is 7.38. The van der Waals surface area contributed by atoms with Crippen molar-refractivity contribution in [2.45, 2.75) is 51.6 Å². The molecule has 0 saturated carbocycles. The highest BCUT2D eigenvalue weighted by Gasteiger charge is 2.33. The molecular formula is C30H37N3O5S. The Morgan fingerprint density at radius 3 is 2.18 bits per heavy atom. The minimum Gasteiger partial charge on any atom is -0.497 e. The molecule has 2 amide bonds. The molecular weight excluding hydrogens is 514 g/mol. The van der Waals surface area contributed by atoms with Crippen LogP contribution in [-0.2, 0) is 26.2 Å². The molecule has 0 aliphatic rings. The van der Waals surface area contributed by atoms with E-state index in [1.165, 1.54) is 17.0 Å². The van der Waals surface area contributed by atoms with Gasteiger partial charge in [-0.1, -0.05) is 43.3 Å². The average molecular weight is 552 g/mol. The monoisotopic (exact) mass is 551 g/mol. The average Bonchev–Trinajstić information content (AvgIpc) is 2.91. The number of amides is 2. The Kier molecular flexibility index (Phi) is 10.1. The quantitative estimate of drug-likeness (QED) is 0.359. The first-order chi connectivity index (χ1) is 18.6. The van der Waals surface area contributed by atoms with E-state index < -0.39 is 28.5 Å². The molecule has 8 nitrogen and oxygen atoms in total. The van der Waals surface area contributed by atoms with E-state index in [1.807, 2.05) is 45.9 Å². The maximum Gasteiger partial charge on any atom is 0.264 e. The molecule has 0 aromatic heterocycles. The number of anilines is 1. The summed E-state index contributed by atoms with van der Waals surface area (Å²) >= 11 is 0. The number of nitrogens with zero attached hydrogens (tertiary/aromatic N) is 2. The molecule has 0 heterocycles. The lowest BCUT2D eigenvalue weighted by Gasteiger charge is -2.33. The largest absolute Gasteiger partial charge is 0.497 e. The maximum absolute atomic E-state index is 14.1. The van der Waals surface area contributed by atoms with Gasteiger partial charge in [0.15, 0.2) is 0 Å². The summed E-state index contributed by atoms with van der Waals surface area (Å²) in [5.41, 5.74) is 2.88. The number of hydrogen-bond acceptors (Lipinski definition) is 5. The van der Waals surface area contributed by atoms with E-state index in [0.29, 0.717) is 24.4 Å². The van der Waals surface area contributed by atoms with Crippen LogP contribution in [0.25, 0.3) is 0 Å². The van der Waals surface area contributed by atoms with E-state index in [2.05, 4.69) is 5.32 Å². The summed E-state index contributed by atoms with van der Waals surface area (Å²) < 4.78 is 34.3. The molecule has 3 aromatic carbocycles. The van der Waals surface area contributed by atoms with E-state index in [9.17, 15) is 18.0 Å². The van der Waals surface area contributed by atoms with Gasteiger partial charge in [-0.2, -0.15) is 0 Å². The zero-order chi connectivity index (χ0) is 28.6. The van der Waals surface area contributed by atoms with Crippen molar-refractivity contribution < 1.29 is 22.7 Å². The summed E-state index contributed by atoms with van der Waals surface area (Å²) in [6.07, 6.45) is 0.358. The Bertz CT molecular complexity index is 1370. The number of likely N-dealkylation sites (N-methyl/N-ethyl adjacent to an activating group) is 1. The summed E-state index contributed by atoms with van der Waals surface area (Å²) in [7, 11) is -2.54. The molecule has 0 aliphatic carbocycles. The van der Waals surface area contributed by atoms with Crippen molar-refractivity contribution in [3.05, 3.63) is 89.5 Å². The number of carbonyl (C=O) groups excluding carboxylic acids is 2. The number of hydrogen-bond donors (Lipinski definition) is 1. The molecule has 1 atom stereocenters. The van der Waals surface area contributed by atoms with Gasteiger partial charge in [-0.25, -0.2) is 8.42 Å². The van der Waals surface area contributed by atoms with Crippen LogP contribution in [0.1, 0.15) is 37.0 Å². The number of methoxy groups -OCH3 is 1. The Morgan fingerprint density at radius 2 is 1.59 bits per heavy atom. The van der Waals surface area contributed by atoms with Gasteiger partial charge in [0.2, 0.25) is 11.8 Å². The Morgan fingerprint density at radius 1 is 0.923 bits per heavy atom. The number of benzene rings is 3. The van der Waals surface area contributed by atoms with E-state index in [0.717, 1.165) is 21.0 Å². The number of aryl methyl sites for hydroxylation is 2.